The topological polar surface area (TPSA) is 282 Å². The van der Waals surface area contributed by atoms with Gasteiger partial charge in [-0.05, 0) is 81.6 Å². The molecular formula is C53H87N9O12S3. The van der Waals surface area contributed by atoms with Crippen molar-refractivity contribution in [2.75, 3.05) is 58.8 Å². The number of carbonyl (C=O) groups excluding carboxylic acids is 7. The number of hydrogen-bond acceptors (Lipinski definition) is 18. The summed E-state index contributed by atoms with van der Waals surface area (Å²) in [4.78, 5) is 105. The van der Waals surface area contributed by atoms with Crippen molar-refractivity contribution in [2.24, 2.45) is 23.7 Å². The van der Waals surface area contributed by atoms with Crippen LogP contribution in [0.2, 0.25) is 0 Å². The number of likely N-dealkylation sites (tertiary alicyclic amines) is 1. The molecule has 0 saturated carbocycles. The van der Waals surface area contributed by atoms with Crippen LogP contribution in [0, 0.1) is 17.8 Å². The fraction of sp³-hybridized carbons (Fsp3) is 0.698. The summed E-state index contributed by atoms with van der Waals surface area (Å²) in [6.07, 6.45) is 7.25. The summed E-state index contributed by atoms with van der Waals surface area (Å²) in [6, 6.07) is 4.10. The first-order valence-electron chi connectivity index (χ1n) is 26.9. The van der Waals surface area contributed by atoms with E-state index in [9.17, 15) is 38.7 Å². The molecule has 1 saturated heterocycles. The second-order valence-corrected chi connectivity index (χ2v) is 23.5. The molecule has 434 valence electrons. The van der Waals surface area contributed by atoms with E-state index in [4.69, 9.17) is 25.1 Å². The van der Waals surface area contributed by atoms with E-state index >= 15 is 0 Å². The van der Waals surface area contributed by atoms with Gasteiger partial charge in [0.25, 0.3) is 5.91 Å². The van der Waals surface area contributed by atoms with Crippen molar-refractivity contribution in [1.29, 1.82) is 0 Å². The Morgan fingerprint density at radius 3 is 2.36 bits per heavy atom. The van der Waals surface area contributed by atoms with E-state index in [-0.39, 0.29) is 92.3 Å². The molecule has 2 aromatic rings. The maximum atomic E-state index is 14.9. The molecule has 24 heteroatoms. The first-order chi connectivity index (χ1) is 37.0. The molecule has 1 fully saturated rings. The molecule has 3 rings (SSSR count). The maximum absolute atomic E-state index is 14.9. The second kappa shape index (κ2) is 37.3. The van der Waals surface area contributed by atoms with E-state index in [0.29, 0.717) is 48.8 Å². The van der Waals surface area contributed by atoms with Gasteiger partial charge in [0.05, 0.1) is 18.7 Å². The van der Waals surface area contributed by atoms with Gasteiger partial charge in [-0.2, -0.15) is 0 Å². The molecule has 77 heavy (non-hydrogen) atoms. The van der Waals surface area contributed by atoms with Crippen LogP contribution in [0.15, 0.2) is 29.6 Å². The standard InChI is InChI=1S/C53H87N9O12S3/c1-9-11-14-25-72-34-62(52(69)47(36(5)10-2)58-50(68)43-17-12-13-23-61(43)7)44(35(3)4)31-45(71-8)51-57-42(33-75-51)49(67)56-40(30-38-18-20-41(64)21-19-38)29-37(6)48(66)59-60-53(70)73-26-28-77-76-27-22-46(65)55-39(32-74-54)16-15-24-63/h18-21,24,33,35-37,39-40,43-45,47,64H,9-17,22-23,25-32,34,54H2,1-8H3,(H,55,65)(H,56,67)(H,58,68)(H,59,66)(H,60,70)/t36?,37-,39-,40+,43?,44+,45+,47-/m0/s1. The van der Waals surface area contributed by atoms with Gasteiger partial charge >= 0.3 is 6.09 Å². The van der Waals surface area contributed by atoms with E-state index in [1.54, 1.807) is 36.4 Å². The van der Waals surface area contributed by atoms with Crippen molar-refractivity contribution in [3.63, 3.8) is 0 Å². The zero-order chi connectivity index (χ0) is 56.7. The molecule has 1 aliphatic rings. The molecule has 0 spiro atoms. The minimum atomic E-state index is -0.863. The normalized spacial score (nSPS) is 16.5. The lowest BCUT2D eigenvalue weighted by Crippen LogP contribution is -2.59. The summed E-state index contributed by atoms with van der Waals surface area (Å²) in [5.41, 5.74) is 5.60. The number of thiazole rings is 1. The summed E-state index contributed by atoms with van der Waals surface area (Å²) in [7, 11) is 6.35. The molecule has 1 aromatic heterocycles. The number of nitrogens with zero attached hydrogens (tertiary/aromatic N) is 3. The van der Waals surface area contributed by atoms with E-state index in [2.05, 4.69) is 43.5 Å². The highest BCUT2D eigenvalue weighted by molar-refractivity contribution is 8.76. The molecule has 1 aliphatic heterocycles. The maximum Gasteiger partial charge on any atom is 0.426 e. The smallest absolute Gasteiger partial charge is 0.426 e. The number of benzene rings is 1. The lowest BCUT2D eigenvalue weighted by molar-refractivity contribution is -0.149. The molecule has 6 amide bonds. The van der Waals surface area contributed by atoms with Gasteiger partial charge in [-0.25, -0.2) is 21.1 Å². The molecule has 0 bridgehead atoms. The zero-order valence-corrected chi connectivity index (χ0v) is 48.8. The number of aromatic hydroxyl groups is 1. The average molecular weight is 1140 g/mol. The Morgan fingerprint density at radius 1 is 0.961 bits per heavy atom. The minimum Gasteiger partial charge on any atom is -0.508 e. The molecule has 0 radical (unpaired) electrons. The predicted molar refractivity (Wildman–Crippen MR) is 300 cm³/mol. The number of hydrogen-bond donors (Lipinski definition) is 7. The van der Waals surface area contributed by atoms with Crippen LogP contribution < -0.4 is 32.7 Å². The third-order valence-corrected chi connectivity index (χ3v) is 16.8. The highest BCUT2D eigenvalue weighted by Gasteiger charge is 2.39. The van der Waals surface area contributed by atoms with Crippen LogP contribution in [-0.2, 0) is 49.4 Å². The van der Waals surface area contributed by atoms with Crippen LogP contribution in [-0.4, -0.2) is 151 Å². The van der Waals surface area contributed by atoms with Gasteiger partial charge in [0.2, 0.25) is 23.6 Å². The third kappa shape index (κ3) is 24.6. The van der Waals surface area contributed by atoms with E-state index < -0.39 is 48.1 Å². The quantitative estimate of drug-likeness (QED) is 0.0130. The fourth-order valence-corrected chi connectivity index (χ4v) is 11.5. The summed E-state index contributed by atoms with van der Waals surface area (Å²) in [5.74, 6) is 3.63. The first kappa shape index (κ1) is 66.7. The van der Waals surface area contributed by atoms with Crippen molar-refractivity contribution >= 4 is 74.8 Å². The molecule has 1 aromatic carbocycles. The van der Waals surface area contributed by atoms with Gasteiger partial charge in [-0.1, -0.05) is 101 Å². The largest absolute Gasteiger partial charge is 0.508 e. The Balaban J connectivity index is 1.67. The summed E-state index contributed by atoms with van der Waals surface area (Å²) in [5, 5.41) is 21.1. The lowest BCUT2D eigenvalue weighted by Gasteiger charge is -2.40. The highest BCUT2D eigenvalue weighted by Crippen LogP contribution is 2.31. The summed E-state index contributed by atoms with van der Waals surface area (Å²) in [6.45, 7) is 13.3. The van der Waals surface area contributed by atoms with Gasteiger partial charge in [0.15, 0.2) is 0 Å². The number of ether oxygens (including phenoxy) is 3. The number of likely N-dealkylation sites (N-methyl/N-ethyl adjacent to an activating group) is 1. The Hall–Kier alpha value is -4.56. The van der Waals surface area contributed by atoms with Gasteiger partial charge in [0.1, 0.15) is 48.2 Å². The number of unbranched alkanes of at least 4 members (excludes halogenated alkanes) is 2. The fourth-order valence-electron chi connectivity index (χ4n) is 8.75. The molecule has 8 N–H and O–H groups in total. The summed E-state index contributed by atoms with van der Waals surface area (Å²) >= 11 is 1.26. The number of phenols is 1. The van der Waals surface area contributed by atoms with Crippen LogP contribution in [0.25, 0.3) is 0 Å². The number of aromatic nitrogens is 1. The van der Waals surface area contributed by atoms with Crippen LogP contribution in [0.3, 0.4) is 0 Å². The Kier molecular flexibility index (Phi) is 32.3. The van der Waals surface area contributed by atoms with Crippen LogP contribution >= 0.6 is 32.9 Å². The zero-order valence-electron chi connectivity index (χ0n) is 46.4. The van der Waals surface area contributed by atoms with Crippen molar-refractivity contribution < 1.29 is 57.7 Å². The summed E-state index contributed by atoms with van der Waals surface area (Å²) < 4.78 is 17.5. The Morgan fingerprint density at radius 2 is 1.70 bits per heavy atom. The molecule has 21 nitrogen and oxygen atoms in total. The number of methoxy groups -OCH3 is 1. The molecule has 8 atom stereocenters. The second-order valence-electron chi connectivity index (χ2n) is 19.9. The number of phenolic OH excluding ortho intramolecular Hbond substituents is 1. The number of piperidine rings is 1. The minimum absolute atomic E-state index is 0.0315. The lowest BCUT2D eigenvalue weighted by atomic mass is 9.92. The molecule has 2 heterocycles. The van der Waals surface area contributed by atoms with Crippen molar-refractivity contribution in [1.82, 2.24) is 41.6 Å². The van der Waals surface area contributed by atoms with Crippen LogP contribution in [0.4, 0.5) is 4.79 Å². The average Bonchev–Trinajstić information content (AvgIpc) is 3.91. The number of carbonyl (C=O) groups is 7. The monoisotopic (exact) mass is 1140 g/mol. The number of nitrogens with two attached hydrogens (primary N) is 1. The van der Waals surface area contributed by atoms with Gasteiger partial charge in [-0.3, -0.25) is 34.3 Å². The predicted octanol–water partition coefficient (Wildman–Crippen LogP) is 6.21. The third-order valence-electron chi connectivity index (χ3n) is 13.5. The first-order valence-corrected chi connectivity index (χ1v) is 30.3. The number of aldehydes is 1. The number of rotatable bonds is 37. The van der Waals surface area contributed by atoms with Crippen molar-refractivity contribution in [3.8, 4) is 5.75 Å². The van der Waals surface area contributed by atoms with Gasteiger partial charge in [-0.15, -0.1) is 11.3 Å². The molecular weight excluding hydrogens is 1050 g/mol. The highest BCUT2D eigenvalue weighted by atomic mass is 33.1. The van der Waals surface area contributed by atoms with Gasteiger partial charge in [0, 0.05) is 67.9 Å². The number of hydrazine groups is 1. The van der Waals surface area contributed by atoms with Crippen LogP contribution in [0.1, 0.15) is 146 Å². The van der Waals surface area contributed by atoms with E-state index in [0.717, 1.165) is 56.9 Å². The van der Waals surface area contributed by atoms with Crippen molar-refractivity contribution in [3.05, 3.63) is 45.9 Å². The number of amides is 6. The molecule has 2 unspecified atom stereocenters. The number of nitrogens with one attached hydrogen (secondary N) is 5. The van der Waals surface area contributed by atoms with Crippen molar-refractivity contribution in [2.45, 2.75) is 161 Å². The van der Waals surface area contributed by atoms with Gasteiger partial charge < -0.3 is 49.8 Å². The Labute approximate surface area is 467 Å². The Bertz CT molecular complexity index is 2090. The molecule has 0 aliphatic carbocycles. The van der Waals surface area contributed by atoms with Crippen LogP contribution in [0.5, 0.6) is 5.75 Å². The van der Waals surface area contributed by atoms with E-state index in [1.807, 2.05) is 34.7 Å². The van der Waals surface area contributed by atoms with E-state index in [1.165, 1.54) is 45.1 Å². The SMILES string of the molecule is CCCCCOCN(C(=O)[C@@H](NC(=O)C1CCCCN1C)C(C)CC)[C@H](C[C@@H](OC)c1nc(C(=O)N[C@@H](Cc2ccc(O)cc2)C[C@H](C)C(=O)NNC(=O)OCCSSCCC(=O)N[C@@H](CCC=O)CON)cs1)C(C)C.